The van der Waals surface area contributed by atoms with Crippen molar-refractivity contribution in [1.82, 2.24) is 20.0 Å². The van der Waals surface area contributed by atoms with E-state index in [-0.39, 0.29) is 24.0 Å². The lowest BCUT2D eigenvalue weighted by atomic mass is 10.2. The van der Waals surface area contributed by atoms with Crippen LogP contribution in [-0.2, 0) is 11.3 Å². The SMILES string of the molecule is CCNC(=NCC(=O)N(C)C)N1CCN(Cc2ccc(OC)c(F)c2)CC1. The maximum absolute atomic E-state index is 13.9. The van der Waals surface area contributed by atoms with E-state index >= 15 is 0 Å². The first-order valence-corrected chi connectivity index (χ1v) is 9.22. The molecule has 1 aromatic rings. The van der Waals surface area contributed by atoms with Gasteiger partial charge in [0, 0.05) is 53.4 Å². The number of halogens is 1. The second-order valence-electron chi connectivity index (χ2n) is 6.69. The van der Waals surface area contributed by atoms with Crippen molar-refractivity contribution >= 4 is 11.9 Å². The maximum atomic E-state index is 13.9. The Morgan fingerprint density at radius 2 is 2.00 bits per heavy atom. The molecule has 27 heavy (non-hydrogen) atoms. The van der Waals surface area contributed by atoms with Crippen molar-refractivity contribution < 1.29 is 13.9 Å². The van der Waals surface area contributed by atoms with Crippen molar-refractivity contribution in [3.05, 3.63) is 29.6 Å². The van der Waals surface area contributed by atoms with E-state index < -0.39 is 0 Å². The quantitative estimate of drug-likeness (QED) is 0.590. The summed E-state index contributed by atoms with van der Waals surface area (Å²) in [5.41, 5.74) is 0.930. The summed E-state index contributed by atoms with van der Waals surface area (Å²) >= 11 is 0. The Morgan fingerprint density at radius 3 is 2.56 bits per heavy atom. The molecule has 0 aromatic heterocycles. The Bertz CT molecular complexity index is 658. The molecular formula is C19H30FN5O2. The Hall–Kier alpha value is -2.35. The molecule has 0 aliphatic carbocycles. The molecule has 0 spiro atoms. The number of nitrogens with one attached hydrogen (secondary N) is 1. The molecule has 0 radical (unpaired) electrons. The monoisotopic (exact) mass is 379 g/mol. The molecule has 1 N–H and O–H groups in total. The van der Waals surface area contributed by atoms with Gasteiger partial charge in [-0.15, -0.1) is 0 Å². The first kappa shape index (κ1) is 21.0. The highest BCUT2D eigenvalue weighted by Gasteiger charge is 2.20. The molecule has 1 amide bonds. The van der Waals surface area contributed by atoms with Crippen molar-refractivity contribution in [2.24, 2.45) is 4.99 Å². The molecule has 2 rings (SSSR count). The topological polar surface area (TPSA) is 60.4 Å². The lowest BCUT2D eigenvalue weighted by Gasteiger charge is -2.36. The molecule has 1 fully saturated rings. The third-order valence-electron chi connectivity index (χ3n) is 4.49. The predicted molar refractivity (Wildman–Crippen MR) is 104 cm³/mol. The van der Waals surface area contributed by atoms with Crippen LogP contribution in [0.25, 0.3) is 0 Å². The van der Waals surface area contributed by atoms with E-state index in [1.165, 1.54) is 13.2 Å². The van der Waals surface area contributed by atoms with Gasteiger partial charge in [0.25, 0.3) is 0 Å². The Labute approximate surface area is 160 Å². The van der Waals surface area contributed by atoms with Crippen LogP contribution in [0.5, 0.6) is 5.75 Å². The summed E-state index contributed by atoms with van der Waals surface area (Å²) in [4.78, 5) is 22.2. The lowest BCUT2D eigenvalue weighted by Crippen LogP contribution is -2.52. The van der Waals surface area contributed by atoms with Crippen LogP contribution in [-0.4, -0.2) is 87.0 Å². The van der Waals surface area contributed by atoms with E-state index in [4.69, 9.17) is 4.74 Å². The van der Waals surface area contributed by atoms with Gasteiger partial charge in [0.1, 0.15) is 6.54 Å². The standard InChI is InChI=1S/C19H30FN5O2/c1-5-21-19(22-13-18(26)23(2)3)25-10-8-24(9-11-25)14-15-6-7-17(27-4)16(20)12-15/h6-7,12H,5,8-11,13-14H2,1-4H3,(H,21,22). The zero-order valence-corrected chi connectivity index (χ0v) is 16.7. The summed E-state index contributed by atoms with van der Waals surface area (Å²) in [5.74, 6) is 0.677. The molecule has 150 valence electrons. The number of piperazine rings is 1. The second-order valence-corrected chi connectivity index (χ2v) is 6.69. The largest absolute Gasteiger partial charge is 0.494 e. The molecule has 0 bridgehead atoms. The summed E-state index contributed by atoms with van der Waals surface area (Å²) in [6.07, 6.45) is 0. The van der Waals surface area contributed by atoms with Gasteiger partial charge in [0.2, 0.25) is 5.91 Å². The van der Waals surface area contributed by atoms with Crippen molar-refractivity contribution in [2.45, 2.75) is 13.5 Å². The maximum Gasteiger partial charge on any atom is 0.243 e. The Balaban J connectivity index is 1.91. The third kappa shape index (κ3) is 6.09. The molecule has 0 saturated carbocycles. The second kappa shape index (κ2) is 10.1. The van der Waals surface area contributed by atoms with Crippen molar-refractivity contribution in [2.75, 3.05) is 60.5 Å². The van der Waals surface area contributed by atoms with E-state index in [0.29, 0.717) is 6.54 Å². The molecular weight excluding hydrogens is 349 g/mol. The highest BCUT2D eigenvalue weighted by molar-refractivity contribution is 5.84. The summed E-state index contributed by atoms with van der Waals surface area (Å²) in [5, 5.41) is 3.25. The fraction of sp³-hybridized carbons (Fsp3) is 0.579. The number of hydrogen-bond acceptors (Lipinski definition) is 4. The zero-order valence-electron chi connectivity index (χ0n) is 16.7. The van der Waals surface area contributed by atoms with E-state index in [1.54, 1.807) is 25.1 Å². The van der Waals surface area contributed by atoms with Crippen LogP contribution in [0.2, 0.25) is 0 Å². The average Bonchev–Trinajstić information content (AvgIpc) is 2.65. The van der Waals surface area contributed by atoms with Crippen LogP contribution in [0.4, 0.5) is 4.39 Å². The van der Waals surface area contributed by atoms with Crippen LogP contribution >= 0.6 is 0 Å². The third-order valence-corrected chi connectivity index (χ3v) is 4.49. The van der Waals surface area contributed by atoms with E-state index in [2.05, 4.69) is 20.1 Å². The lowest BCUT2D eigenvalue weighted by molar-refractivity contribution is -0.127. The predicted octanol–water partition coefficient (Wildman–Crippen LogP) is 1.01. The highest BCUT2D eigenvalue weighted by atomic mass is 19.1. The minimum absolute atomic E-state index is 0.0226. The van der Waals surface area contributed by atoms with Gasteiger partial charge in [0.15, 0.2) is 17.5 Å². The number of carbonyl (C=O) groups is 1. The fourth-order valence-corrected chi connectivity index (χ4v) is 2.89. The number of methoxy groups -OCH3 is 1. The van der Waals surface area contributed by atoms with Gasteiger partial charge in [-0.2, -0.15) is 0 Å². The Morgan fingerprint density at radius 1 is 1.30 bits per heavy atom. The summed E-state index contributed by atoms with van der Waals surface area (Å²) in [6, 6.07) is 5.09. The van der Waals surface area contributed by atoms with Crippen molar-refractivity contribution in [3.63, 3.8) is 0 Å². The van der Waals surface area contributed by atoms with Gasteiger partial charge >= 0.3 is 0 Å². The molecule has 1 aliphatic heterocycles. The summed E-state index contributed by atoms with van der Waals surface area (Å²) in [6.45, 7) is 6.90. The summed E-state index contributed by atoms with van der Waals surface area (Å²) < 4.78 is 18.8. The van der Waals surface area contributed by atoms with Gasteiger partial charge in [0.05, 0.1) is 7.11 Å². The van der Waals surface area contributed by atoms with Crippen molar-refractivity contribution in [3.8, 4) is 5.75 Å². The number of rotatable bonds is 6. The number of guanidine groups is 1. The minimum Gasteiger partial charge on any atom is -0.494 e. The van der Waals surface area contributed by atoms with Crippen LogP contribution in [0.15, 0.2) is 23.2 Å². The number of likely N-dealkylation sites (N-methyl/N-ethyl adjacent to an activating group) is 1. The number of amides is 1. The van der Waals surface area contributed by atoms with Gasteiger partial charge in [-0.25, -0.2) is 9.38 Å². The fourth-order valence-electron chi connectivity index (χ4n) is 2.89. The first-order chi connectivity index (χ1) is 12.9. The molecule has 1 heterocycles. The van der Waals surface area contributed by atoms with Crippen LogP contribution in [0.1, 0.15) is 12.5 Å². The Kier molecular flexibility index (Phi) is 7.84. The van der Waals surface area contributed by atoms with Crippen LogP contribution in [0.3, 0.4) is 0 Å². The molecule has 1 saturated heterocycles. The van der Waals surface area contributed by atoms with E-state index in [1.807, 2.05) is 13.0 Å². The van der Waals surface area contributed by atoms with E-state index in [9.17, 15) is 9.18 Å². The van der Waals surface area contributed by atoms with Gasteiger partial charge in [-0.1, -0.05) is 6.07 Å². The number of carbonyl (C=O) groups excluding carboxylic acids is 1. The molecule has 7 nitrogen and oxygen atoms in total. The molecule has 8 heteroatoms. The summed E-state index contributed by atoms with van der Waals surface area (Å²) in [7, 11) is 4.92. The van der Waals surface area contributed by atoms with Gasteiger partial charge < -0.3 is 19.9 Å². The first-order valence-electron chi connectivity index (χ1n) is 9.22. The van der Waals surface area contributed by atoms with E-state index in [0.717, 1.165) is 44.2 Å². The highest BCUT2D eigenvalue weighted by Crippen LogP contribution is 2.19. The van der Waals surface area contributed by atoms with Gasteiger partial charge in [-0.05, 0) is 24.6 Å². The van der Waals surface area contributed by atoms with Gasteiger partial charge in [-0.3, -0.25) is 9.69 Å². The number of aliphatic imine (C=N–C) groups is 1. The molecule has 0 unspecified atom stereocenters. The van der Waals surface area contributed by atoms with Crippen LogP contribution < -0.4 is 10.1 Å². The molecule has 0 atom stereocenters. The average molecular weight is 379 g/mol. The molecule has 1 aromatic carbocycles. The normalized spacial score (nSPS) is 15.6. The van der Waals surface area contributed by atoms with Crippen molar-refractivity contribution in [1.29, 1.82) is 0 Å². The molecule has 1 aliphatic rings. The minimum atomic E-state index is -0.333. The number of nitrogens with zero attached hydrogens (tertiary/aromatic N) is 4. The number of ether oxygens (including phenoxy) is 1. The number of hydrogen-bond donors (Lipinski definition) is 1. The smallest absolute Gasteiger partial charge is 0.243 e. The zero-order chi connectivity index (χ0) is 19.8. The van der Waals surface area contributed by atoms with Crippen LogP contribution in [0, 0.1) is 5.82 Å². The number of benzene rings is 1.